The molecule has 0 spiro atoms. The zero-order valence-corrected chi connectivity index (χ0v) is 18.7. The van der Waals surface area contributed by atoms with Crippen molar-refractivity contribution in [1.29, 1.82) is 0 Å². The number of ether oxygens (including phenoxy) is 3. The summed E-state index contributed by atoms with van der Waals surface area (Å²) < 4.78 is 18.5. The molecule has 1 saturated heterocycles. The lowest BCUT2D eigenvalue weighted by Crippen LogP contribution is -2.41. The molecular formula is C27H23N3O5. The van der Waals surface area contributed by atoms with Crippen LogP contribution >= 0.6 is 0 Å². The van der Waals surface area contributed by atoms with Crippen LogP contribution in [0.15, 0.2) is 95.9 Å². The molecule has 35 heavy (non-hydrogen) atoms. The van der Waals surface area contributed by atoms with Crippen LogP contribution in [0.4, 0.5) is 5.82 Å². The highest BCUT2D eigenvalue weighted by Crippen LogP contribution is 2.51. The van der Waals surface area contributed by atoms with E-state index in [0.717, 1.165) is 28.2 Å². The van der Waals surface area contributed by atoms with Crippen molar-refractivity contribution in [3.05, 3.63) is 118 Å². The molecule has 1 fully saturated rings. The molecule has 0 unspecified atom stereocenters. The second-order valence-electron chi connectivity index (χ2n) is 8.37. The van der Waals surface area contributed by atoms with Gasteiger partial charge in [0.05, 0.1) is 13.2 Å². The van der Waals surface area contributed by atoms with Crippen molar-refractivity contribution in [2.45, 2.75) is 18.1 Å². The second kappa shape index (κ2) is 8.66. The highest BCUT2D eigenvalue weighted by atomic mass is 16.7. The predicted octanol–water partition coefficient (Wildman–Crippen LogP) is 3.62. The van der Waals surface area contributed by atoms with Gasteiger partial charge in [-0.2, -0.15) is 4.98 Å². The number of aliphatic hydroxyl groups excluding tert-OH is 1. The Labute approximate surface area is 201 Å². The van der Waals surface area contributed by atoms with Crippen LogP contribution in [-0.2, 0) is 15.0 Å². The van der Waals surface area contributed by atoms with Crippen LogP contribution < -0.4 is 15.7 Å². The fraction of sp³-hybridized carbons (Fsp3) is 0.185. The maximum atomic E-state index is 13.0. The molecule has 1 aromatic heterocycles. The van der Waals surface area contributed by atoms with Crippen molar-refractivity contribution in [2.75, 3.05) is 18.5 Å². The third-order valence-electron chi connectivity index (χ3n) is 6.35. The summed E-state index contributed by atoms with van der Waals surface area (Å²) >= 11 is 0. The molecule has 8 heteroatoms. The van der Waals surface area contributed by atoms with E-state index in [4.69, 9.17) is 14.2 Å². The van der Waals surface area contributed by atoms with Gasteiger partial charge in [0.1, 0.15) is 22.9 Å². The summed E-state index contributed by atoms with van der Waals surface area (Å²) in [7, 11) is 0. The van der Waals surface area contributed by atoms with E-state index < -0.39 is 23.7 Å². The van der Waals surface area contributed by atoms with Crippen molar-refractivity contribution >= 4 is 5.82 Å². The van der Waals surface area contributed by atoms with Crippen molar-refractivity contribution in [3.63, 3.8) is 0 Å². The zero-order chi connectivity index (χ0) is 23.8. The minimum atomic E-state index is -0.854. The van der Waals surface area contributed by atoms with Gasteiger partial charge in [0.2, 0.25) is 0 Å². The average molecular weight is 469 g/mol. The molecule has 6 rings (SSSR count). The van der Waals surface area contributed by atoms with Crippen LogP contribution in [0.5, 0.6) is 11.5 Å². The monoisotopic (exact) mass is 469 g/mol. The number of rotatable bonds is 5. The van der Waals surface area contributed by atoms with E-state index in [1.54, 1.807) is 12.3 Å². The Kier molecular flexibility index (Phi) is 5.33. The lowest BCUT2D eigenvalue weighted by Gasteiger charge is -2.41. The fourth-order valence-electron chi connectivity index (χ4n) is 4.78. The number of benzene rings is 3. The first-order chi connectivity index (χ1) is 17.2. The molecule has 2 N–H and O–H groups in total. The number of para-hydroxylation sites is 2. The van der Waals surface area contributed by atoms with Gasteiger partial charge in [-0.25, -0.2) is 4.79 Å². The minimum Gasteiger partial charge on any atom is -0.457 e. The van der Waals surface area contributed by atoms with Crippen LogP contribution in [-0.4, -0.2) is 34.2 Å². The molecule has 0 saturated carbocycles. The topological polar surface area (TPSA) is 94.8 Å². The number of aliphatic hydroxyl groups is 1. The molecule has 176 valence electrons. The summed E-state index contributed by atoms with van der Waals surface area (Å²) in [5.41, 5.74) is 1.46. The molecule has 2 aliphatic heterocycles. The summed E-state index contributed by atoms with van der Waals surface area (Å²) in [4.78, 5) is 17.3. The molecule has 2 aliphatic rings. The molecule has 2 atom stereocenters. The first-order valence-corrected chi connectivity index (χ1v) is 11.4. The van der Waals surface area contributed by atoms with E-state index in [9.17, 15) is 9.90 Å². The molecule has 0 amide bonds. The third-order valence-corrected chi connectivity index (χ3v) is 6.35. The van der Waals surface area contributed by atoms with Crippen LogP contribution in [0.1, 0.15) is 22.9 Å². The summed E-state index contributed by atoms with van der Waals surface area (Å²) in [5.74, 6) is 1.85. The number of anilines is 1. The summed E-state index contributed by atoms with van der Waals surface area (Å²) in [6.45, 7) is -0.121. The second-order valence-corrected chi connectivity index (χ2v) is 8.37. The van der Waals surface area contributed by atoms with Crippen LogP contribution in [0.2, 0.25) is 0 Å². The maximum absolute atomic E-state index is 13.0. The Bertz CT molecular complexity index is 1380. The number of fused-ring (bicyclic) bond motifs is 2. The molecule has 0 radical (unpaired) electrons. The number of nitrogens with zero attached hydrogens (tertiary/aromatic N) is 2. The Balaban J connectivity index is 1.49. The minimum absolute atomic E-state index is 0.158. The van der Waals surface area contributed by atoms with Crippen molar-refractivity contribution in [1.82, 2.24) is 9.55 Å². The predicted molar refractivity (Wildman–Crippen MR) is 128 cm³/mol. The van der Waals surface area contributed by atoms with Crippen molar-refractivity contribution < 1.29 is 19.3 Å². The SMILES string of the molecule is O=c1nc(NC2(c3ccccc3)c3ccccc3Oc3ccccc32)ccn1[C@@H]1CO[C@H](CO)O1. The Hall–Kier alpha value is -3.98. The van der Waals surface area contributed by atoms with E-state index >= 15 is 0 Å². The zero-order valence-electron chi connectivity index (χ0n) is 18.7. The van der Waals surface area contributed by atoms with Crippen LogP contribution in [0.25, 0.3) is 0 Å². The first kappa shape index (κ1) is 21.5. The Morgan fingerprint density at radius 1 is 0.943 bits per heavy atom. The third kappa shape index (κ3) is 3.59. The highest BCUT2D eigenvalue weighted by Gasteiger charge is 2.44. The Morgan fingerprint density at radius 3 is 2.23 bits per heavy atom. The van der Waals surface area contributed by atoms with E-state index in [-0.39, 0.29) is 13.2 Å². The van der Waals surface area contributed by atoms with Gasteiger partial charge in [-0.3, -0.25) is 4.57 Å². The van der Waals surface area contributed by atoms with Gasteiger partial charge in [-0.05, 0) is 23.8 Å². The smallest absolute Gasteiger partial charge is 0.351 e. The Morgan fingerprint density at radius 2 is 1.60 bits per heavy atom. The lowest BCUT2D eigenvalue weighted by molar-refractivity contribution is -0.0992. The average Bonchev–Trinajstić information content (AvgIpc) is 3.38. The van der Waals surface area contributed by atoms with Gasteiger partial charge in [-0.15, -0.1) is 0 Å². The molecule has 0 aliphatic carbocycles. The van der Waals surface area contributed by atoms with E-state index in [2.05, 4.69) is 10.3 Å². The number of hydrogen-bond donors (Lipinski definition) is 2. The fourth-order valence-corrected chi connectivity index (χ4v) is 4.78. The van der Waals surface area contributed by atoms with Gasteiger partial charge < -0.3 is 24.6 Å². The summed E-state index contributed by atoms with van der Waals surface area (Å²) in [5, 5.41) is 12.8. The van der Waals surface area contributed by atoms with Crippen LogP contribution in [0, 0.1) is 0 Å². The molecule has 3 heterocycles. The van der Waals surface area contributed by atoms with Crippen molar-refractivity contribution in [2.24, 2.45) is 0 Å². The quantitative estimate of drug-likeness (QED) is 0.461. The first-order valence-electron chi connectivity index (χ1n) is 11.4. The van der Waals surface area contributed by atoms with Gasteiger partial charge in [0.15, 0.2) is 12.5 Å². The molecule has 0 bridgehead atoms. The highest BCUT2D eigenvalue weighted by molar-refractivity contribution is 5.67. The van der Waals surface area contributed by atoms with Gasteiger partial charge in [0, 0.05) is 17.3 Å². The summed E-state index contributed by atoms with van der Waals surface area (Å²) in [6.07, 6.45) is 0.233. The lowest BCUT2D eigenvalue weighted by atomic mass is 9.75. The number of hydrogen-bond acceptors (Lipinski definition) is 7. The summed E-state index contributed by atoms with van der Waals surface area (Å²) in [6, 6.07) is 27.5. The standard InChI is InChI=1S/C27H23N3O5/c31-16-25-33-17-24(35-25)30-15-14-23(28-26(30)32)29-27(18-8-2-1-3-9-18)19-10-4-6-12-21(19)34-22-13-7-5-11-20(22)27/h1-15,24-25,31H,16-17H2,(H,28,29,32)/t24-,25-/m0/s1. The van der Waals surface area contributed by atoms with E-state index in [1.165, 1.54) is 4.57 Å². The maximum Gasteiger partial charge on any atom is 0.351 e. The molecule has 8 nitrogen and oxygen atoms in total. The number of nitrogens with one attached hydrogen (secondary N) is 1. The molecule has 3 aromatic carbocycles. The van der Waals surface area contributed by atoms with E-state index in [0.29, 0.717) is 5.82 Å². The van der Waals surface area contributed by atoms with Gasteiger partial charge >= 0.3 is 5.69 Å². The van der Waals surface area contributed by atoms with Crippen molar-refractivity contribution in [3.8, 4) is 11.5 Å². The van der Waals surface area contributed by atoms with E-state index in [1.807, 2.05) is 78.9 Å². The number of aromatic nitrogens is 2. The normalized spacial score (nSPS) is 19.9. The van der Waals surface area contributed by atoms with Crippen LogP contribution in [0.3, 0.4) is 0 Å². The molecule has 4 aromatic rings. The van der Waals surface area contributed by atoms with Gasteiger partial charge in [-0.1, -0.05) is 66.7 Å². The molecular weight excluding hydrogens is 446 g/mol. The van der Waals surface area contributed by atoms with Gasteiger partial charge in [0.25, 0.3) is 0 Å². The largest absolute Gasteiger partial charge is 0.457 e.